The van der Waals surface area contributed by atoms with Crippen molar-refractivity contribution in [3.05, 3.63) is 54.4 Å². The molecule has 0 aromatic heterocycles. The predicted octanol–water partition coefficient (Wildman–Crippen LogP) is 5.38. The summed E-state index contributed by atoms with van der Waals surface area (Å²) in [7, 11) is 0. The summed E-state index contributed by atoms with van der Waals surface area (Å²) in [5.41, 5.74) is 0.330. The van der Waals surface area contributed by atoms with Crippen LogP contribution in [0.5, 0.6) is 0 Å². The van der Waals surface area contributed by atoms with Gasteiger partial charge in [-0.25, -0.2) is 0 Å². The van der Waals surface area contributed by atoms with Gasteiger partial charge in [-0.2, -0.15) is 8.78 Å². The number of nitrogens with one attached hydrogen (secondary N) is 2. The van der Waals surface area contributed by atoms with E-state index in [1.807, 2.05) is 0 Å². The first kappa shape index (κ1) is 20.2. The summed E-state index contributed by atoms with van der Waals surface area (Å²) in [4.78, 5) is 33.1. The van der Waals surface area contributed by atoms with Crippen molar-refractivity contribution < 1.29 is 23.2 Å². The van der Waals surface area contributed by atoms with Crippen molar-refractivity contribution >= 4 is 84.0 Å². The maximum absolute atomic E-state index is 13.3. The Morgan fingerprint density at radius 3 is 2.04 bits per heavy atom. The second kappa shape index (κ2) is 7.12. The molecule has 4 rings (SSSR count). The molecule has 2 aromatic carbocycles. The van der Waals surface area contributed by atoms with Crippen LogP contribution in [0.4, 0.5) is 20.2 Å². The van der Waals surface area contributed by atoms with Gasteiger partial charge in [0.1, 0.15) is 0 Å². The molecule has 0 aliphatic carbocycles. The molecule has 0 saturated heterocycles. The molecule has 0 atom stereocenters. The second-order valence-electron chi connectivity index (χ2n) is 5.38. The van der Waals surface area contributed by atoms with Crippen LogP contribution in [0.1, 0.15) is 15.9 Å². The van der Waals surface area contributed by atoms with Crippen LogP contribution >= 0.6 is 55.1 Å². The first-order valence-corrected chi connectivity index (χ1v) is 9.41. The lowest BCUT2D eigenvalue weighted by Gasteiger charge is -2.08. The Balaban J connectivity index is 0.000000156. The van der Waals surface area contributed by atoms with Crippen LogP contribution in [-0.4, -0.2) is 17.6 Å². The number of carbonyl (C=O) groups is 3. The number of hydrogen-bond acceptors (Lipinski definition) is 3. The maximum atomic E-state index is 13.3. The zero-order chi connectivity index (χ0) is 20.1. The maximum Gasteiger partial charge on any atom is 0.353 e. The number of benzene rings is 2. The van der Waals surface area contributed by atoms with Crippen LogP contribution < -0.4 is 10.6 Å². The Hall–Kier alpha value is -1.55. The van der Waals surface area contributed by atoms with E-state index >= 15 is 0 Å². The van der Waals surface area contributed by atoms with Gasteiger partial charge in [0.2, 0.25) is 0 Å². The van der Waals surface area contributed by atoms with E-state index in [1.54, 1.807) is 12.1 Å². The van der Waals surface area contributed by atoms with Crippen LogP contribution in [0.2, 0.25) is 10.0 Å². The highest BCUT2D eigenvalue weighted by molar-refractivity contribution is 9.10. The summed E-state index contributed by atoms with van der Waals surface area (Å²) in [6.07, 6.45) is 0. The quantitative estimate of drug-likeness (QED) is 0.439. The number of hydrogen-bond donors (Lipinski definition) is 2. The minimum Gasteiger partial charge on any atom is -0.320 e. The SMILES string of the molecule is O=C1Nc2ccc(Br)c(Cl)c2C1(F)F.O=C1Nc2ccc(Br)c(Cl)c2C1=O. The lowest BCUT2D eigenvalue weighted by molar-refractivity contribution is -0.139. The fraction of sp³-hybridized carbons (Fsp3) is 0.0625. The van der Waals surface area contributed by atoms with Gasteiger partial charge in [-0.15, -0.1) is 0 Å². The smallest absolute Gasteiger partial charge is 0.320 e. The van der Waals surface area contributed by atoms with E-state index in [0.29, 0.717) is 14.6 Å². The van der Waals surface area contributed by atoms with Crippen LogP contribution in [0, 0.1) is 0 Å². The van der Waals surface area contributed by atoms with Crippen molar-refractivity contribution in [3.8, 4) is 0 Å². The molecule has 0 saturated carbocycles. The fourth-order valence-corrected chi connectivity index (χ4v) is 3.64. The largest absolute Gasteiger partial charge is 0.353 e. The molecule has 0 radical (unpaired) electrons. The van der Waals surface area contributed by atoms with E-state index in [9.17, 15) is 23.2 Å². The molecule has 0 unspecified atom stereocenters. The molecular weight excluding hydrogens is 537 g/mol. The van der Waals surface area contributed by atoms with E-state index in [0.717, 1.165) is 0 Å². The summed E-state index contributed by atoms with van der Waals surface area (Å²) >= 11 is 17.7. The van der Waals surface area contributed by atoms with Crippen LogP contribution in [0.3, 0.4) is 0 Å². The summed E-state index contributed by atoms with van der Waals surface area (Å²) in [6.45, 7) is 0. The molecule has 2 heterocycles. The Labute approximate surface area is 177 Å². The molecule has 140 valence electrons. The summed E-state index contributed by atoms with van der Waals surface area (Å²) in [5, 5.41) is 4.63. The Kier molecular flexibility index (Phi) is 5.33. The minimum absolute atomic E-state index is 0.0631. The van der Waals surface area contributed by atoms with E-state index in [2.05, 4.69) is 42.5 Å². The number of fused-ring (bicyclic) bond motifs is 2. The highest BCUT2D eigenvalue weighted by atomic mass is 79.9. The van der Waals surface area contributed by atoms with Crippen LogP contribution in [0.15, 0.2) is 33.2 Å². The van der Waals surface area contributed by atoms with Gasteiger partial charge >= 0.3 is 5.92 Å². The number of rotatable bonds is 0. The van der Waals surface area contributed by atoms with Gasteiger partial charge in [-0.1, -0.05) is 23.2 Å². The number of halogens is 6. The topological polar surface area (TPSA) is 75.3 Å². The predicted molar refractivity (Wildman–Crippen MR) is 104 cm³/mol. The van der Waals surface area contributed by atoms with Crippen LogP contribution in [0.25, 0.3) is 0 Å². The fourth-order valence-electron chi connectivity index (χ4n) is 2.45. The number of anilines is 2. The summed E-state index contributed by atoms with van der Waals surface area (Å²) in [6, 6.07) is 6.20. The Bertz CT molecular complexity index is 1030. The van der Waals surface area contributed by atoms with Gasteiger partial charge in [0.25, 0.3) is 17.6 Å². The van der Waals surface area contributed by atoms with Crippen molar-refractivity contribution in [2.24, 2.45) is 0 Å². The zero-order valence-electron chi connectivity index (χ0n) is 12.8. The van der Waals surface area contributed by atoms with Gasteiger partial charge in [0.05, 0.1) is 32.5 Å². The third-order valence-electron chi connectivity index (χ3n) is 3.72. The number of carbonyl (C=O) groups excluding carboxylic acids is 3. The molecule has 2 aliphatic rings. The second-order valence-corrected chi connectivity index (χ2v) is 7.84. The molecular formula is C16H6Br2Cl2F2N2O3. The third-order valence-corrected chi connectivity index (χ3v) is 6.28. The lowest BCUT2D eigenvalue weighted by Crippen LogP contribution is -2.24. The average Bonchev–Trinajstić information content (AvgIpc) is 3.02. The molecule has 0 fully saturated rings. The Morgan fingerprint density at radius 2 is 1.41 bits per heavy atom. The number of Topliss-reactive ketones (excluding diaryl/α,β-unsaturated/α-hetero) is 1. The summed E-state index contributed by atoms with van der Waals surface area (Å²) < 4.78 is 27.5. The number of alkyl halides is 2. The molecule has 5 nitrogen and oxygen atoms in total. The standard InChI is InChI=1S/C8H3BrClF2NO.C8H3BrClNO2/c9-3-1-2-4-5(6(3)10)8(11,12)7(14)13-4;9-3-1-2-4-5(6(3)10)7(12)8(13)11-4/h1-2H,(H,13,14);1-2H,(H,11,12,13). The molecule has 0 bridgehead atoms. The van der Waals surface area contributed by atoms with Gasteiger partial charge in [0.15, 0.2) is 0 Å². The number of amides is 2. The van der Waals surface area contributed by atoms with E-state index < -0.39 is 29.1 Å². The van der Waals surface area contributed by atoms with E-state index in [1.165, 1.54) is 12.1 Å². The van der Waals surface area contributed by atoms with Crippen LogP contribution in [-0.2, 0) is 15.5 Å². The molecule has 2 N–H and O–H groups in total. The number of ketones is 1. The Morgan fingerprint density at radius 1 is 0.852 bits per heavy atom. The normalized spacial score (nSPS) is 16.1. The average molecular weight is 543 g/mol. The van der Waals surface area contributed by atoms with Gasteiger partial charge in [-0.3, -0.25) is 14.4 Å². The summed E-state index contributed by atoms with van der Waals surface area (Å²) in [5.74, 6) is -6.10. The molecule has 27 heavy (non-hydrogen) atoms. The van der Waals surface area contributed by atoms with Crippen molar-refractivity contribution in [3.63, 3.8) is 0 Å². The monoisotopic (exact) mass is 540 g/mol. The minimum atomic E-state index is -3.55. The first-order chi connectivity index (χ1) is 12.6. The van der Waals surface area contributed by atoms with Gasteiger partial charge < -0.3 is 10.6 Å². The molecule has 0 spiro atoms. The first-order valence-electron chi connectivity index (χ1n) is 7.07. The van der Waals surface area contributed by atoms with E-state index in [4.69, 9.17) is 23.2 Å². The van der Waals surface area contributed by atoms with E-state index in [-0.39, 0.29) is 21.3 Å². The van der Waals surface area contributed by atoms with Crippen molar-refractivity contribution in [2.45, 2.75) is 5.92 Å². The third kappa shape index (κ3) is 3.37. The lowest BCUT2D eigenvalue weighted by atomic mass is 10.1. The van der Waals surface area contributed by atoms with Gasteiger partial charge in [-0.05, 0) is 56.1 Å². The molecule has 11 heteroatoms. The molecule has 2 aliphatic heterocycles. The van der Waals surface area contributed by atoms with Crippen molar-refractivity contribution in [1.29, 1.82) is 0 Å². The highest BCUT2D eigenvalue weighted by Gasteiger charge is 2.50. The molecule has 2 aromatic rings. The zero-order valence-corrected chi connectivity index (χ0v) is 17.5. The van der Waals surface area contributed by atoms with Gasteiger partial charge in [0, 0.05) is 8.95 Å². The highest BCUT2D eigenvalue weighted by Crippen LogP contribution is 2.46. The molecule has 2 amide bonds. The van der Waals surface area contributed by atoms with Crippen molar-refractivity contribution in [1.82, 2.24) is 0 Å². The van der Waals surface area contributed by atoms with Crippen molar-refractivity contribution in [2.75, 3.05) is 10.6 Å².